The van der Waals surface area contributed by atoms with Gasteiger partial charge in [0, 0.05) is 32.7 Å². The fourth-order valence-corrected chi connectivity index (χ4v) is 1.47. The summed E-state index contributed by atoms with van der Waals surface area (Å²) in [4.78, 5) is 20.3. The first-order valence-electron chi connectivity index (χ1n) is 6.63. The Balaban J connectivity index is 2.58. The van der Waals surface area contributed by atoms with Crippen LogP contribution >= 0.6 is 0 Å². The number of carbonyl (C=O) groups is 1. The Morgan fingerprint density at radius 2 is 2.05 bits per heavy atom. The number of carbonyl (C=O) groups excluding carboxylic acids is 1. The van der Waals surface area contributed by atoms with E-state index in [9.17, 15) is 4.79 Å². The second-order valence-electron chi connectivity index (χ2n) is 4.60. The van der Waals surface area contributed by atoms with E-state index in [4.69, 9.17) is 4.74 Å². The fraction of sp³-hybridized carbons (Fsp3) is 0.615. The third kappa shape index (κ3) is 5.40. The molecule has 0 radical (unpaired) electrons. The minimum absolute atomic E-state index is 0.0993. The summed E-state index contributed by atoms with van der Waals surface area (Å²) in [7, 11) is 3.39. The minimum atomic E-state index is -0.0993. The van der Waals surface area contributed by atoms with Crippen molar-refractivity contribution in [3.8, 4) is 0 Å². The molecule has 0 spiro atoms. The van der Waals surface area contributed by atoms with Crippen LogP contribution in [-0.2, 0) is 9.53 Å². The van der Waals surface area contributed by atoms with Crippen LogP contribution in [0.2, 0.25) is 0 Å². The number of methoxy groups -OCH3 is 1. The van der Waals surface area contributed by atoms with E-state index in [1.54, 1.807) is 20.2 Å². The molecule has 0 aromatic carbocycles. The molecule has 20 heavy (non-hydrogen) atoms. The minimum Gasteiger partial charge on any atom is -0.383 e. The van der Waals surface area contributed by atoms with Gasteiger partial charge in [0.05, 0.1) is 13.2 Å². The summed E-state index contributed by atoms with van der Waals surface area (Å²) >= 11 is 0. The molecule has 0 saturated heterocycles. The molecule has 1 rings (SSSR count). The van der Waals surface area contributed by atoms with Crippen LogP contribution in [0, 0.1) is 0 Å². The van der Waals surface area contributed by atoms with Gasteiger partial charge in [0.25, 0.3) is 0 Å². The number of hydrogen-bond acceptors (Lipinski definition) is 6. The number of nitrogens with zero attached hydrogens (tertiary/aromatic N) is 2. The van der Waals surface area contributed by atoms with E-state index in [0.29, 0.717) is 19.0 Å². The summed E-state index contributed by atoms with van der Waals surface area (Å²) in [6.45, 7) is 5.22. The number of aromatic nitrogens is 2. The molecule has 3 N–H and O–H groups in total. The van der Waals surface area contributed by atoms with Gasteiger partial charge in [0.1, 0.15) is 17.5 Å². The molecule has 7 heteroatoms. The highest BCUT2D eigenvalue weighted by atomic mass is 16.5. The zero-order chi connectivity index (χ0) is 15.0. The highest BCUT2D eigenvalue weighted by Gasteiger charge is 2.08. The number of hydrogen-bond donors (Lipinski definition) is 3. The van der Waals surface area contributed by atoms with Gasteiger partial charge >= 0.3 is 0 Å². The average molecular weight is 281 g/mol. The summed E-state index contributed by atoms with van der Waals surface area (Å²) in [5.41, 5.74) is 0. The third-order valence-electron chi connectivity index (χ3n) is 2.57. The Bertz CT molecular complexity index is 437. The first-order valence-corrected chi connectivity index (χ1v) is 6.63. The van der Waals surface area contributed by atoms with Crippen LogP contribution in [0.3, 0.4) is 0 Å². The van der Waals surface area contributed by atoms with Crippen LogP contribution in [0.4, 0.5) is 11.6 Å². The smallest absolute Gasteiger partial charge is 0.239 e. The van der Waals surface area contributed by atoms with E-state index in [-0.39, 0.29) is 18.4 Å². The summed E-state index contributed by atoms with van der Waals surface area (Å²) in [5.74, 6) is 2.22. The maximum Gasteiger partial charge on any atom is 0.239 e. The first-order chi connectivity index (χ1) is 9.56. The summed E-state index contributed by atoms with van der Waals surface area (Å²) in [5, 5.41) is 8.72. The van der Waals surface area contributed by atoms with Crippen molar-refractivity contribution < 1.29 is 9.53 Å². The zero-order valence-corrected chi connectivity index (χ0v) is 12.5. The Morgan fingerprint density at radius 3 is 2.65 bits per heavy atom. The van der Waals surface area contributed by atoms with Crippen LogP contribution in [0.5, 0.6) is 0 Å². The largest absolute Gasteiger partial charge is 0.383 e. The van der Waals surface area contributed by atoms with Crippen LogP contribution in [0.15, 0.2) is 6.07 Å². The maximum absolute atomic E-state index is 11.6. The molecule has 0 fully saturated rings. The standard InChI is InChI=1S/C13H23N5O2/c1-9(2)13-17-10(14-3)7-11(18-13)16-8-12(19)15-5-6-20-4/h7,9H,5-6,8H2,1-4H3,(H,15,19)(H2,14,16,17,18). The normalized spacial score (nSPS) is 10.4. The van der Waals surface area contributed by atoms with Crippen molar-refractivity contribution in [2.24, 2.45) is 0 Å². The van der Waals surface area contributed by atoms with Crippen LogP contribution < -0.4 is 16.0 Å². The highest BCUT2D eigenvalue weighted by molar-refractivity contribution is 5.80. The van der Waals surface area contributed by atoms with Crippen molar-refractivity contribution in [3.05, 3.63) is 11.9 Å². The van der Waals surface area contributed by atoms with E-state index < -0.39 is 0 Å². The van der Waals surface area contributed by atoms with Crippen molar-refractivity contribution in [1.29, 1.82) is 0 Å². The van der Waals surface area contributed by atoms with Crippen LogP contribution in [-0.4, -0.2) is 49.7 Å². The van der Waals surface area contributed by atoms with Gasteiger partial charge in [0.15, 0.2) is 0 Å². The van der Waals surface area contributed by atoms with E-state index in [2.05, 4.69) is 25.9 Å². The van der Waals surface area contributed by atoms with Gasteiger partial charge in [-0.3, -0.25) is 4.79 Å². The Morgan fingerprint density at radius 1 is 1.35 bits per heavy atom. The average Bonchev–Trinajstić information content (AvgIpc) is 2.45. The highest BCUT2D eigenvalue weighted by Crippen LogP contribution is 2.16. The summed E-state index contributed by atoms with van der Waals surface area (Å²) in [6, 6.07) is 1.77. The fourth-order valence-electron chi connectivity index (χ4n) is 1.47. The molecule has 0 saturated carbocycles. The molecule has 0 aliphatic heterocycles. The van der Waals surface area contributed by atoms with Crippen molar-refractivity contribution in [2.45, 2.75) is 19.8 Å². The molecule has 0 bridgehead atoms. The van der Waals surface area contributed by atoms with Gasteiger partial charge in [0.2, 0.25) is 5.91 Å². The third-order valence-corrected chi connectivity index (χ3v) is 2.57. The molecule has 1 heterocycles. The van der Waals surface area contributed by atoms with E-state index in [0.717, 1.165) is 11.6 Å². The van der Waals surface area contributed by atoms with Gasteiger partial charge in [-0.25, -0.2) is 9.97 Å². The molecule has 7 nitrogen and oxygen atoms in total. The van der Waals surface area contributed by atoms with Gasteiger partial charge in [-0.05, 0) is 0 Å². The molecule has 1 aromatic heterocycles. The molecule has 0 aliphatic carbocycles. The van der Waals surface area contributed by atoms with E-state index >= 15 is 0 Å². The zero-order valence-electron chi connectivity index (χ0n) is 12.5. The van der Waals surface area contributed by atoms with Gasteiger partial charge in [-0.1, -0.05) is 13.8 Å². The number of amides is 1. The molecule has 1 amide bonds. The Kier molecular flexibility index (Phi) is 6.72. The van der Waals surface area contributed by atoms with E-state index in [1.807, 2.05) is 13.8 Å². The molecule has 0 aliphatic rings. The topological polar surface area (TPSA) is 88.2 Å². The lowest BCUT2D eigenvalue weighted by Gasteiger charge is -2.11. The summed E-state index contributed by atoms with van der Waals surface area (Å²) < 4.78 is 4.86. The predicted molar refractivity (Wildman–Crippen MR) is 79.0 cm³/mol. The molecule has 112 valence electrons. The quantitative estimate of drug-likeness (QED) is 0.611. The van der Waals surface area contributed by atoms with Gasteiger partial charge in [-0.15, -0.1) is 0 Å². The Labute approximate surface area is 119 Å². The molecule has 1 aromatic rings. The Hall–Kier alpha value is -1.89. The van der Waals surface area contributed by atoms with Crippen molar-refractivity contribution in [2.75, 3.05) is 44.5 Å². The lowest BCUT2D eigenvalue weighted by molar-refractivity contribution is -0.119. The molecular weight excluding hydrogens is 258 g/mol. The molecular formula is C13H23N5O2. The van der Waals surface area contributed by atoms with Crippen molar-refractivity contribution >= 4 is 17.5 Å². The second-order valence-corrected chi connectivity index (χ2v) is 4.60. The van der Waals surface area contributed by atoms with Crippen molar-refractivity contribution in [3.63, 3.8) is 0 Å². The van der Waals surface area contributed by atoms with Crippen LogP contribution in [0.1, 0.15) is 25.6 Å². The number of ether oxygens (including phenoxy) is 1. The first kappa shape index (κ1) is 16.2. The lowest BCUT2D eigenvalue weighted by Crippen LogP contribution is -2.32. The SMILES string of the molecule is CNc1cc(NCC(=O)NCCOC)nc(C(C)C)n1. The molecule has 0 atom stereocenters. The lowest BCUT2D eigenvalue weighted by atomic mass is 10.2. The number of rotatable bonds is 8. The second kappa shape index (κ2) is 8.31. The van der Waals surface area contributed by atoms with Crippen LogP contribution in [0.25, 0.3) is 0 Å². The number of anilines is 2. The van der Waals surface area contributed by atoms with Gasteiger partial charge in [-0.2, -0.15) is 0 Å². The maximum atomic E-state index is 11.6. The summed E-state index contributed by atoms with van der Waals surface area (Å²) in [6.07, 6.45) is 0. The van der Waals surface area contributed by atoms with Gasteiger partial charge < -0.3 is 20.7 Å². The monoisotopic (exact) mass is 281 g/mol. The number of nitrogens with one attached hydrogen (secondary N) is 3. The molecule has 0 unspecified atom stereocenters. The van der Waals surface area contributed by atoms with Crippen molar-refractivity contribution in [1.82, 2.24) is 15.3 Å². The van der Waals surface area contributed by atoms with E-state index in [1.165, 1.54) is 0 Å². The predicted octanol–water partition coefficient (Wildman–Crippen LogP) is 0.816.